The highest BCUT2D eigenvalue weighted by Crippen LogP contribution is 2.31. The fraction of sp³-hybridized carbons (Fsp3) is 0.217. The molecule has 1 amide bonds. The van der Waals surface area contributed by atoms with E-state index < -0.39 is 17.4 Å². The van der Waals surface area contributed by atoms with Crippen molar-refractivity contribution < 1.29 is 23.6 Å². The van der Waals surface area contributed by atoms with Crippen molar-refractivity contribution in [1.82, 2.24) is 10.4 Å². The molecule has 0 aliphatic heterocycles. The highest BCUT2D eigenvalue weighted by Gasteiger charge is 2.18. The average molecular weight is 463 g/mol. The highest BCUT2D eigenvalue weighted by molar-refractivity contribution is 5.82. The Bertz CT molecular complexity index is 1290. The molecule has 2 aromatic heterocycles. The molecule has 34 heavy (non-hydrogen) atoms. The normalized spacial score (nSPS) is 10.8. The first-order valence-corrected chi connectivity index (χ1v) is 10.0. The van der Waals surface area contributed by atoms with Gasteiger partial charge < -0.3 is 13.9 Å². The number of benzene rings is 1. The molecule has 0 spiro atoms. The van der Waals surface area contributed by atoms with Crippen LogP contribution in [0.15, 0.2) is 45.9 Å². The number of furan rings is 1. The van der Waals surface area contributed by atoms with E-state index in [2.05, 4.69) is 15.5 Å². The molecular formula is C23H21N5O6. The van der Waals surface area contributed by atoms with Gasteiger partial charge in [-0.05, 0) is 43.7 Å². The molecule has 0 aliphatic carbocycles. The third-order valence-corrected chi connectivity index (χ3v) is 4.57. The number of amides is 1. The maximum Gasteiger partial charge on any atom is 0.280 e. The number of carbonyl (C=O) groups is 1. The second-order valence-corrected chi connectivity index (χ2v) is 7.21. The second kappa shape index (κ2) is 10.8. The molecule has 0 fully saturated rings. The molecular weight excluding hydrogens is 442 g/mol. The summed E-state index contributed by atoms with van der Waals surface area (Å²) in [7, 11) is 1.51. The molecule has 0 aliphatic rings. The van der Waals surface area contributed by atoms with Gasteiger partial charge >= 0.3 is 0 Å². The van der Waals surface area contributed by atoms with Gasteiger partial charge in [-0.25, -0.2) is 10.4 Å². The number of nitrogens with zero attached hydrogens (tertiary/aromatic N) is 4. The van der Waals surface area contributed by atoms with Gasteiger partial charge in [-0.2, -0.15) is 10.4 Å². The molecule has 3 rings (SSSR count). The number of hydrogen-bond donors (Lipinski definition) is 1. The van der Waals surface area contributed by atoms with E-state index in [-0.39, 0.29) is 29.5 Å². The topological polar surface area (TPSA) is 153 Å². The van der Waals surface area contributed by atoms with E-state index in [0.717, 1.165) is 5.56 Å². The van der Waals surface area contributed by atoms with Crippen molar-refractivity contribution in [2.24, 2.45) is 5.10 Å². The molecule has 1 aromatic carbocycles. The lowest BCUT2D eigenvalue weighted by Gasteiger charge is -2.10. The Labute approximate surface area is 194 Å². The molecule has 2 heterocycles. The van der Waals surface area contributed by atoms with E-state index in [9.17, 15) is 20.2 Å². The average Bonchev–Trinajstić information content (AvgIpc) is 3.26. The van der Waals surface area contributed by atoms with Crippen LogP contribution < -0.4 is 10.2 Å². The van der Waals surface area contributed by atoms with Crippen molar-refractivity contribution in [3.05, 3.63) is 74.7 Å². The van der Waals surface area contributed by atoms with Gasteiger partial charge in [-0.3, -0.25) is 14.9 Å². The summed E-state index contributed by atoms with van der Waals surface area (Å²) in [5, 5.41) is 24.5. The van der Waals surface area contributed by atoms with Gasteiger partial charge in [0.2, 0.25) is 5.88 Å². The van der Waals surface area contributed by atoms with Crippen molar-refractivity contribution in [1.29, 1.82) is 5.26 Å². The second-order valence-electron chi connectivity index (χ2n) is 7.21. The van der Waals surface area contributed by atoms with Crippen LogP contribution in [0.25, 0.3) is 11.3 Å². The number of methoxy groups -OCH3 is 1. The molecule has 0 unspecified atom stereocenters. The lowest BCUT2D eigenvalue weighted by atomic mass is 10.1. The maximum absolute atomic E-state index is 12.1. The molecule has 0 saturated carbocycles. The van der Waals surface area contributed by atoms with Crippen LogP contribution in [0.1, 0.15) is 28.1 Å². The quantitative estimate of drug-likeness (QED) is 0.288. The number of nitro groups is 1. The number of nitrogens with one attached hydrogen (secondary N) is 1. The number of carbonyl (C=O) groups excluding carboxylic acids is 1. The number of ether oxygens (including phenoxy) is 2. The Kier molecular flexibility index (Phi) is 7.68. The number of hydrogen-bond acceptors (Lipinski definition) is 9. The summed E-state index contributed by atoms with van der Waals surface area (Å²) in [6.07, 6.45) is 1.25. The number of hydrazone groups is 1. The minimum atomic E-state index is -0.585. The van der Waals surface area contributed by atoms with Gasteiger partial charge in [0.25, 0.3) is 11.6 Å². The lowest BCUT2D eigenvalue weighted by molar-refractivity contribution is -0.384. The van der Waals surface area contributed by atoms with Crippen LogP contribution in [-0.4, -0.2) is 35.7 Å². The summed E-state index contributed by atoms with van der Waals surface area (Å²) in [4.78, 5) is 27.1. The largest absolute Gasteiger partial charge is 0.467 e. The molecule has 0 radical (unpaired) electrons. The van der Waals surface area contributed by atoms with Crippen molar-refractivity contribution in [2.75, 3.05) is 13.7 Å². The summed E-state index contributed by atoms with van der Waals surface area (Å²) >= 11 is 0. The molecule has 0 atom stereocenters. The van der Waals surface area contributed by atoms with E-state index in [4.69, 9.17) is 13.9 Å². The van der Waals surface area contributed by atoms with Crippen LogP contribution in [-0.2, 0) is 16.1 Å². The summed E-state index contributed by atoms with van der Waals surface area (Å²) in [6, 6.07) is 11.7. The van der Waals surface area contributed by atoms with E-state index in [1.54, 1.807) is 44.2 Å². The maximum atomic E-state index is 12.1. The van der Waals surface area contributed by atoms with Crippen LogP contribution in [0, 0.1) is 35.3 Å². The van der Waals surface area contributed by atoms with Crippen molar-refractivity contribution in [3.63, 3.8) is 0 Å². The molecule has 174 valence electrons. The Morgan fingerprint density at radius 3 is 2.82 bits per heavy atom. The third-order valence-electron chi connectivity index (χ3n) is 4.57. The number of nitriles is 1. The summed E-state index contributed by atoms with van der Waals surface area (Å²) in [6.45, 7) is 3.28. The Balaban J connectivity index is 1.63. The van der Waals surface area contributed by atoms with Gasteiger partial charge in [0.05, 0.1) is 23.3 Å². The zero-order chi connectivity index (χ0) is 24.7. The van der Waals surface area contributed by atoms with E-state index in [0.29, 0.717) is 22.6 Å². The molecule has 3 aromatic rings. The number of aromatic nitrogens is 1. The third kappa shape index (κ3) is 5.81. The van der Waals surface area contributed by atoms with Crippen LogP contribution in [0.2, 0.25) is 0 Å². The number of rotatable bonds is 9. The minimum Gasteiger partial charge on any atom is -0.467 e. The zero-order valence-electron chi connectivity index (χ0n) is 18.7. The van der Waals surface area contributed by atoms with E-state index in [1.807, 2.05) is 6.07 Å². The summed E-state index contributed by atoms with van der Waals surface area (Å²) in [5.41, 5.74) is 4.71. The molecule has 0 bridgehead atoms. The Morgan fingerprint density at radius 1 is 1.32 bits per heavy atom. The minimum absolute atomic E-state index is 0.0315. The van der Waals surface area contributed by atoms with Crippen LogP contribution in [0.4, 0.5) is 5.69 Å². The fourth-order valence-electron chi connectivity index (χ4n) is 3.11. The molecule has 11 heteroatoms. The van der Waals surface area contributed by atoms with Crippen LogP contribution in [0.5, 0.6) is 5.88 Å². The van der Waals surface area contributed by atoms with Crippen molar-refractivity contribution in [2.45, 2.75) is 20.5 Å². The highest BCUT2D eigenvalue weighted by atomic mass is 16.6. The van der Waals surface area contributed by atoms with Gasteiger partial charge in [0, 0.05) is 24.4 Å². The standard InChI is InChI=1S/C23H21N5O6/c1-14-4-6-18(20(8-14)28(30)31)21-7-5-17(34-21)11-25-27-22(29)13-33-23-19(10-24)16(12-32-3)9-15(2)26-23/h4-9,11H,12-13H2,1-3H3,(H,27,29). The number of pyridine rings is 1. The predicted octanol–water partition coefficient (Wildman–Crippen LogP) is 3.41. The first kappa shape index (κ1) is 24.1. The van der Waals surface area contributed by atoms with E-state index in [1.165, 1.54) is 19.4 Å². The molecule has 0 saturated heterocycles. The van der Waals surface area contributed by atoms with Crippen molar-refractivity contribution >= 4 is 17.8 Å². The molecule has 11 nitrogen and oxygen atoms in total. The number of nitro benzene ring substituents is 1. The fourth-order valence-corrected chi connectivity index (χ4v) is 3.11. The first-order chi connectivity index (χ1) is 16.3. The van der Waals surface area contributed by atoms with Crippen molar-refractivity contribution in [3.8, 4) is 23.3 Å². The summed E-state index contributed by atoms with van der Waals surface area (Å²) < 4.78 is 16.1. The molecule has 1 N–H and O–H groups in total. The van der Waals surface area contributed by atoms with Gasteiger partial charge in [0.1, 0.15) is 23.2 Å². The Morgan fingerprint density at radius 2 is 2.12 bits per heavy atom. The Hall–Kier alpha value is -4.56. The first-order valence-electron chi connectivity index (χ1n) is 10.0. The number of aryl methyl sites for hydroxylation is 2. The smallest absolute Gasteiger partial charge is 0.280 e. The van der Waals surface area contributed by atoms with Crippen LogP contribution in [0.3, 0.4) is 0 Å². The predicted molar refractivity (Wildman–Crippen MR) is 121 cm³/mol. The van der Waals surface area contributed by atoms with E-state index >= 15 is 0 Å². The SMILES string of the molecule is COCc1cc(C)nc(OCC(=O)NN=Cc2ccc(-c3ccc(C)cc3[N+](=O)[O-])o2)c1C#N. The summed E-state index contributed by atoms with van der Waals surface area (Å²) in [5.74, 6) is 0.0216. The monoisotopic (exact) mass is 463 g/mol. The van der Waals surface area contributed by atoms with Gasteiger partial charge in [-0.15, -0.1) is 0 Å². The zero-order valence-corrected chi connectivity index (χ0v) is 18.7. The van der Waals surface area contributed by atoms with Crippen LogP contribution >= 0.6 is 0 Å². The van der Waals surface area contributed by atoms with Gasteiger partial charge in [-0.1, -0.05) is 6.07 Å². The lowest BCUT2D eigenvalue weighted by Crippen LogP contribution is -2.25. The van der Waals surface area contributed by atoms with Gasteiger partial charge in [0.15, 0.2) is 6.61 Å².